The number of rotatable bonds is 9. The lowest BCUT2D eigenvalue weighted by atomic mass is 9.98. The molecule has 124 valence electrons. The molecule has 1 aromatic carbocycles. The molecule has 1 rings (SSSR count). The topological polar surface area (TPSA) is 54.9 Å². The summed E-state index contributed by atoms with van der Waals surface area (Å²) in [7, 11) is 3.38. The second-order valence-electron chi connectivity index (χ2n) is 5.14. The van der Waals surface area contributed by atoms with Gasteiger partial charge >= 0.3 is 0 Å². The van der Waals surface area contributed by atoms with E-state index in [0.717, 1.165) is 37.8 Å². The van der Waals surface area contributed by atoms with Gasteiger partial charge in [-0.25, -0.2) is 0 Å². The minimum absolute atomic E-state index is 0.469. The van der Waals surface area contributed by atoms with Crippen molar-refractivity contribution < 1.29 is 9.47 Å². The molecule has 2 N–H and O–H groups in total. The van der Waals surface area contributed by atoms with Crippen LogP contribution in [0.1, 0.15) is 31.7 Å². The molecule has 0 amide bonds. The largest absolute Gasteiger partial charge is 0.497 e. The Morgan fingerprint density at radius 1 is 1.18 bits per heavy atom. The van der Waals surface area contributed by atoms with Crippen molar-refractivity contribution in [1.29, 1.82) is 0 Å². The van der Waals surface area contributed by atoms with Gasteiger partial charge in [-0.3, -0.25) is 4.99 Å². The van der Waals surface area contributed by atoms with Gasteiger partial charge in [0.2, 0.25) is 0 Å². The van der Waals surface area contributed by atoms with Crippen molar-refractivity contribution in [3.63, 3.8) is 0 Å². The minimum Gasteiger partial charge on any atom is -0.497 e. The third-order valence-corrected chi connectivity index (χ3v) is 3.46. The summed E-state index contributed by atoms with van der Waals surface area (Å²) in [5.74, 6) is 2.21. The van der Waals surface area contributed by atoms with Crippen LogP contribution in [-0.2, 0) is 4.74 Å². The van der Waals surface area contributed by atoms with Gasteiger partial charge in [-0.2, -0.15) is 0 Å². The molecule has 0 aliphatic heterocycles. The van der Waals surface area contributed by atoms with Crippen LogP contribution in [0.15, 0.2) is 29.3 Å². The van der Waals surface area contributed by atoms with E-state index in [1.807, 2.05) is 12.1 Å². The maximum absolute atomic E-state index is 5.19. The average Bonchev–Trinajstić information content (AvgIpc) is 2.55. The second-order valence-corrected chi connectivity index (χ2v) is 5.14. The zero-order valence-electron chi connectivity index (χ0n) is 14.2. The highest BCUT2D eigenvalue weighted by atomic mass is 16.5. The average molecular weight is 307 g/mol. The van der Waals surface area contributed by atoms with E-state index in [2.05, 4.69) is 41.6 Å². The molecular weight excluding hydrogens is 278 g/mol. The van der Waals surface area contributed by atoms with Crippen molar-refractivity contribution in [3.05, 3.63) is 29.8 Å². The first-order valence-corrected chi connectivity index (χ1v) is 7.86. The van der Waals surface area contributed by atoms with Gasteiger partial charge in [0, 0.05) is 26.7 Å². The summed E-state index contributed by atoms with van der Waals surface area (Å²) in [6.45, 7) is 7.36. The highest BCUT2D eigenvalue weighted by molar-refractivity contribution is 5.79. The number of nitrogens with zero attached hydrogens (tertiary/aromatic N) is 1. The maximum atomic E-state index is 5.19. The molecule has 22 heavy (non-hydrogen) atoms. The van der Waals surface area contributed by atoms with Gasteiger partial charge in [-0.1, -0.05) is 19.1 Å². The first kappa shape index (κ1) is 18.3. The Morgan fingerprint density at radius 2 is 1.91 bits per heavy atom. The monoisotopic (exact) mass is 307 g/mol. The van der Waals surface area contributed by atoms with E-state index >= 15 is 0 Å². The summed E-state index contributed by atoms with van der Waals surface area (Å²) < 4.78 is 10.2. The predicted molar refractivity (Wildman–Crippen MR) is 91.9 cm³/mol. The number of nitrogens with one attached hydrogen (secondary N) is 2. The molecule has 0 spiro atoms. The van der Waals surface area contributed by atoms with Gasteiger partial charge in [-0.15, -0.1) is 0 Å². The Kier molecular flexibility index (Phi) is 9.07. The number of ether oxygens (including phenoxy) is 2. The Bertz CT molecular complexity index is 432. The first-order chi connectivity index (χ1) is 10.7. The first-order valence-electron chi connectivity index (χ1n) is 7.86. The van der Waals surface area contributed by atoms with Crippen LogP contribution in [0.3, 0.4) is 0 Å². The molecule has 1 unspecified atom stereocenters. The number of hydrogen-bond acceptors (Lipinski definition) is 3. The molecule has 1 atom stereocenters. The quantitative estimate of drug-likeness (QED) is 0.418. The van der Waals surface area contributed by atoms with Gasteiger partial charge in [0.15, 0.2) is 5.96 Å². The van der Waals surface area contributed by atoms with Crippen LogP contribution in [0.2, 0.25) is 0 Å². The second kappa shape index (κ2) is 10.9. The molecule has 0 aliphatic carbocycles. The van der Waals surface area contributed by atoms with Crippen LogP contribution < -0.4 is 15.4 Å². The van der Waals surface area contributed by atoms with E-state index in [0.29, 0.717) is 12.5 Å². The van der Waals surface area contributed by atoms with Gasteiger partial charge in [0.05, 0.1) is 13.7 Å². The minimum atomic E-state index is 0.469. The van der Waals surface area contributed by atoms with Crippen LogP contribution in [0, 0.1) is 0 Å². The van der Waals surface area contributed by atoms with Gasteiger partial charge < -0.3 is 20.1 Å². The smallest absolute Gasteiger partial charge is 0.191 e. The molecule has 0 heterocycles. The summed E-state index contributed by atoms with van der Waals surface area (Å²) in [4.78, 5) is 4.60. The van der Waals surface area contributed by atoms with Crippen molar-refractivity contribution in [2.24, 2.45) is 4.99 Å². The molecule has 0 saturated heterocycles. The van der Waals surface area contributed by atoms with E-state index in [-0.39, 0.29) is 0 Å². The third kappa shape index (κ3) is 6.80. The molecule has 5 heteroatoms. The highest BCUT2D eigenvalue weighted by Crippen LogP contribution is 2.21. The molecule has 0 aromatic heterocycles. The summed E-state index contributed by atoms with van der Waals surface area (Å²) in [5, 5.41) is 6.48. The lowest BCUT2D eigenvalue weighted by Crippen LogP contribution is -2.39. The molecule has 5 nitrogen and oxygen atoms in total. The number of benzene rings is 1. The Balaban J connectivity index is 2.45. The molecule has 0 fully saturated rings. The van der Waals surface area contributed by atoms with Crippen molar-refractivity contribution in [2.45, 2.75) is 26.2 Å². The maximum Gasteiger partial charge on any atom is 0.191 e. The fourth-order valence-corrected chi connectivity index (χ4v) is 2.08. The van der Waals surface area contributed by atoms with Crippen LogP contribution in [-0.4, -0.2) is 46.4 Å². The number of hydrogen-bond donors (Lipinski definition) is 2. The summed E-state index contributed by atoms with van der Waals surface area (Å²) in [6.07, 6.45) is 1.01. The standard InChI is InChI=1S/C17H29N3O2/c1-5-18-17(20-12-13-21-3)19-11-10-14(2)15-6-8-16(22-4)9-7-15/h6-9,14H,5,10-13H2,1-4H3,(H2,18,19,20). The normalized spacial score (nSPS) is 12.8. The third-order valence-electron chi connectivity index (χ3n) is 3.46. The Morgan fingerprint density at radius 3 is 2.50 bits per heavy atom. The Labute approximate surface area is 134 Å². The van der Waals surface area contributed by atoms with E-state index < -0.39 is 0 Å². The molecule has 0 bridgehead atoms. The van der Waals surface area contributed by atoms with Gasteiger partial charge in [-0.05, 0) is 37.0 Å². The van der Waals surface area contributed by atoms with Gasteiger partial charge in [0.25, 0.3) is 0 Å². The summed E-state index contributed by atoms with van der Waals surface area (Å²) in [5.41, 5.74) is 1.31. The fraction of sp³-hybridized carbons (Fsp3) is 0.588. The van der Waals surface area contributed by atoms with E-state index in [1.165, 1.54) is 5.56 Å². The molecule has 0 aliphatic rings. The lowest BCUT2D eigenvalue weighted by molar-refractivity contribution is 0.203. The van der Waals surface area contributed by atoms with Crippen LogP contribution in [0.25, 0.3) is 0 Å². The summed E-state index contributed by atoms with van der Waals surface area (Å²) >= 11 is 0. The zero-order chi connectivity index (χ0) is 16.2. The van der Waals surface area contributed by atoms with Crippen LogP contribution in [0.4, 0.5) is 0 Å². The molecular formula is C17H29N3O2. The molecule has 0 saturated carbocycles. The highest BCUT2D eigenvalue weighted by Gasteiger charge is 2.05. The van der Waals surface area contributed by atoms with E-state index in [1.54, 1.807) is 14.2 Å². The van der Waals surface area contributed by atoms with Crippen LogP contribution in [0.5, 0.6) is 5.75 Å². The number of aliphatic imine (C=N–C) groups is 1. The van der Waals surface area contributed by atoms with Crippen molar-refractivity contribution in [2.75, 3.05) is 40.5 Å². The Hall–Kier alpha value is -1.75. The molecule has 1 aromatic rings. The summed E-state index contributed by atoms with van der Waals surface area (Å²) in [6, 6.07) is 8.25. The van der Waals surface area contributed by atoms with Crippen LogP contribution >= 0.6 is 0 Å². The van der Waals surface area contributed by atoms with E-state index in [4.69, 9.17) is 9.47 Å². The zero-order valence-corrected chi connectivity index (χ0v) is 14.2. The lowest BCUT2D eigenvalue weighted by Gasteiger charge is -2.13. The predicted octanol–water partition coefficient (Wildman–Crippen LogP) is 2.39. The molecule has 0 radical (unpaired) electrons. The van der Waals surface area contributed by atoms with Crippen molar-refractivity contribution >= 4 is 5.96 Å². The number of guanidine groups is 1. The van der Waals surface area contributed by atoms with Crippen molar-refractivity contribution in [3.8, 4) is 5.75 Å². The van der Waals surface area contributed by atoms with Crippen molar-refractivity contribution in [1.82, 2.24) is 10.6 Å². The SMILES string of the molecule is CCNC(=NCCC(C)c1ccc(OC)cc1)NCCOC. The van der Waals surface area contributed by atoms with E-state index in [9.17, 15) is 0 Å². The number of methoxy groups -OCH3 is 2. The van der Waals surface area contributed by atoms with Gasteiger partial charge in [0.1, 0.15) is 5.75 Å². The fourth-order valence-electron chi connectivity index (χ4n) is 2.08.